The summed E-state index contributed by atoms with van der Waals surface area (Å²) in [6, 6.07) is 4.30. The van der Waals surface area contributed by atoms with Crippen molar-refractivity contribution in [3.05, 3.63) is 35.7 Å². The minimum Gasteiger partial charge on any atom is -0.413 e. The molecule has 1 aromatic heterocycles. The first-order chi connectivity index (χ1) is 10.7. The van der Waals surface area contributed by atoms with Crippen molar-refractivity contribution < 1.29 is 4.43 Å². The van der Waals surface area contributed by atoms with Gasteiger partial charge in [0.2, 0.25) is 0 Å². The van der Waals surface area contributed by atoms with Gasteiger partial charge in [0.25, 0.3) is 0 Å². The molecule has 0 unspecified atom stereocenters. The molecule has 0 atom stereocenters. The summed E-state index contributed by atoms with van der Waals surface area (Å²) >= 11 is 0. The highest BCUT2D eigenvalue weighted by Crippen LogP contribution is 2.37. The van der Waals surface area contributed by atoms with E-state index in [1.54, 1.807) is 0 Å². The van der Waals surface area contributed by atoms with Gasteiger partial charge in [-0.05, 0) is 54.2 Å². The van der Waals surface area contributed by atoms with Crippen LogP contribution in [0.1, 0.15) is 71.6 Å². The van der Waals surface area contributed by atoms with Crippen LogP contribution in [0.15, 0.2) is 24.4 Å². The summed E-state index contributed by atoms with van der Waals surface area (Å²) in [6.07, 6.45) is 8.84. The molecule has 0 fully saturated rings. The first-order valence-electron chi connectivity index (χ1n) is 8.99. The fourth-order valence-electron chi connectivity index (χ4n) is 2.14. The highest BCUT2D eigenvalue weighted by Gasteiger charge is 2.37. The summed E-state index contributed by atoms with van der Waals surface area (Å²) in [4.78, 5) is 4.59. The van der Waals surface area contributed by atoms with E-state index < -0.39 is 8.32 Å². The Morgan fingerprint density at radius 2 is 1.91 bits per heavy atom. The van der Waals surface area contributed by atoms with Gasteiger partial charge in [-0.2, -0.15) is 0 Å². The Morgan fingerprint density at radius 3 is 2.48 bits per heavy atom. The van der Waals surface area contributed by atoms with Crippen molar-refractivity contribution in [3.63, 3.8) is 0 Å². The standard InChI is InChI=1S/C20H35NOSi/c1-8-10-12-18(11-9-2)19-15-17(13-14-21-19)16-22-23(6,7)20(3,4)5/h12-15H,8-11,16H2,1-7H3/b18-12+. The maximum absolute atomic E-state index is 6.35. The predicted molar refractivity (Wildman–Crippen MR) is 104 cm³/mol. The van der Waals surface area contributed by atoms with E-state index in [0.717, 1.165) is 25.0 Å². The second-order valence-corrected chi connectivity index (χ2v) is 12.7. The van der Waals surface area contributed by atoms with Gasteiger partial charge in [-0.25, -0.2) is 0 Å². The van der Waals surface area contributed by atoms with Gasteiger partial charge in [-0.15, -0.1) is 0 Å². The van der Waals surface area contributed by atoms with E-state index in [1.807, 2.05) is 6.20 Å². The molecule has 0 aromatic carbocycles. The van der Waals surface area contributed by atoms with Crippen LogP contribution in [0.5, 0.6) is 0 Å². The molecule has 0 radical (unpaired) electrons. The maximum Gasteiger partial charge on any atom is 0.192 e. The van der Waals surface area contributed by atoms with E-state index in [1.165, 1.54) is 17.6 Å². The smallest absolute Gasteiger partial charge is 0.192 e. The summed E-state index contributed by atoms with van der Waals surface area (Å²) < 4.78 is 6.35. The van der Waals surface area contributed by atoms with Crippen molar-refractivity contribution in [3.8, 4) is 0 Å². The van der Waals surface area contributed by atoms with Crippen LogP contribution in [0.4, 0.5) is 0 Å². The zero-order chi connectivity index (χ0) is 17.5. The molecule has 2 nitrogen and oxygen atoms in total. The van der Waals surface area contributed by atoms with Crippen molar-refractivity contribution in [2.24, 2.45) is 0 Å². The van der Waals surface area contributed by atoms with Gasteiger partial charge >= 0.3 is 0 Å². The van der Waals surface area contributed by atoms with Gasteiger partial charge < -0.3 is 4.43 Å². The number of hydrogen-bond donors (Lipinski definition) is 0. The summed E-state index contributed by atoms with van der Waals surface area (Å²) in [5, 5.41) is 0.247. The molecular formula is C20H35NOSi. The van der Waals surface area contributed by atoms with Crippen molar-refractivity contribution >= 4 is 13.9 Å². The van der Waals surface area contributed by atoms with E-state index in [4.69, 9.17) is 4.43 Å². The first kappa shape index (κ1) is 20.1. The minimum absolute atomic E-state index is 0.247. The molecular weight excluding hydrogens is 298 g/mol. The fraction of sp³-hybridized carbons (Fsp3) is 0.650. The van der Waals surface area contributed by atoms with Gasteiger partial charge in [-0.3, -0.25) is 4.98 Å². The van der Waals surface area contributed by atoms with Crippen LogP contribution in [0.25, 0.3) is 5.57 Å². The molecule has 0 spiro atoms. The van der Waals surface area contributed by atoms with Crippen molar-refractivity contribution in [2.75, 3.05) is 0 Å². The summed E-state index contributed by atoms with van der Waals surface area (Å²) in [5.74, 6) is 0. The van der Waals surface area contributed by atoms with Crippen LogP contribution in [0.2, 0.25) is 18.1 Å². The fourth-order valence-corrected chi connectivity index (χ4v) is 3.10. The van der Waals surface area contributed by atoms with Crippen LogP contribution < -0.4 is 0 Å². The van der Waals surface area contributed by atoms with Crippen molar-refractivity contribution in [1.29, 1.82) is 0 Å². The molecule has 3 heteroatoms. The number of hydrogen-bond acceptors (Lipinski definition) is 2. The average Bonchev–Trinajstić information content (AvgIpc) is 2.48. The molecule has 0 aliphatic heterocycles. The number of unbranched alkanes of at least 4 members (excludes halogenated alkanes) is 1. The van der Waals surface area contributed by atoms with Crippen molar-refractivity contribution in [2.45, 2.75) is 85.0 Å². The zero-order valence-corrected chi connectivity index (χ0v) is 17.2. The lowest BCUT2D eigenvalue weighted by Crippen LogP contribution is -2.40. The Kier molecular flexibility index (Phi) is 7.69. The third-order valence-electron chi connectivity index (χ3n) is 4.76. The van der Waals surface area contributed by atoms with Gasteiger partial charge in [0.05, 0.1) is 12.3 Å². The first-order valence-corrected chi connectivity index (χ1v) is 11.9. The van der Waals surface area contributed by atoms with E-state index in [0.29, 0.717) is 6.61 Å². The molecule has 0 saturated heterocycles. The lowest BCUT2D eigenvalue weighted by Gasteiger charge is -2.36. The molecule has 23 heavy (non-hydrogen) atoms. The van der Waals surface area contributed by atoms with Crippen LogP contribution in [0, 0.1) is 0 Å². The molecule has 1 heterocycles. The van der Waals surface area contributed by atoms with Crippen LogP contribution >= 0.6 is 0 Å². The lowest BCUT2D eigenvalue weighted by molar-refractivity contribution is 0.276. The summed E-state index contributed by atoms with van der Waals surface area (Å²) in [5.41, 5.74) is 3.73. The van der Waals surface area contributed by atoms with Crippen LogP contribution in [-0.4, -0.2) is 13.3 Å². The minimum atomic E-state index is -1.70. The van der Waals surface area contributed by atoms with Gasteiger partial charge in [-0.1, -0.05) is 53.5 Å². The number of allylic oxidation sites excluding steroid dienone is 2. The normalized spacial score (nSPS) is 13.4. The number of pyridine rings is 1. The van der Waals surface area contributed by atoms with Gasteiger partial charge in [0.1, 0.15) is 0 Å². The topological polar surface area (TPSA) is 22.1 Å². The summed E-state index contributed by atoms with van der Waals surface area (Å²) in [6.45, 7) is 16.6. The zero-order valence-electron chi connectivity index (χ0n) is 16.2. The van der Waals surface area contributed by atoms with Gasteiger partial charge in [0, 0.05) is 6.20 Å². The average molecular weight is 334 g/mol. The molecule has 0 amide bonds. The SMILES string of the molecule is CCC/C=C(\CCC)c1cc(CO[Si](C)(C)C(C)(C)C)ccn1. The molecule has 1 rings (SSSR count). The predicted octanol–water partition coefficient (Wildman–Crippen LogP) is 6.59. The second-order valence-electron chi connectivity index (χ2n) is 7.87. The van der Waals surface area contributed by atoms with E-state index in [-0.39, 0.29) is 5.04 Å². The van der Waals surface area contributed by atoms with E-state index in [9.17, 15) is 0 Å². The highest BCUT2D eigenvalue weighted by molar-refractivity contribution is 6.74. The number of nitrogens with zero attached hydrogens (tertiary/aromatic N) is 1. The lowest BCUT2D eigenvalue weighted by atomic mass is 10.0. The third kappa shape index (κ3) is 6.23. The molecule has 0 aliphatic carbocycles. The monoisotopic (exact) mass is 333 g/mol. The summed E-state index contributed by atoms with van der Waals surface area (Å²) in [7, 11) is -1.70. The molecule has 0 N–H and O–H groups in total. The molecule has 130 valence electrons. The van der Waals surface area contributed by atoms with Crippen LogP contribution in [-0.2, 0) is 11.0 Å². The number of aromatic nitrogens is 1. The van der Waals surface area contributed by atoms with E-state index in [2.05, 4.69) is 70.9 Å². The Labute approximate surface area is 144 Å². The quantitative estimate of drug-likeness (QED) is 0.501. The van der Waals surface area contributed by atoms with Crippen molar-refractivity contribution in [1.82, 2.24) is 4.98 Å². The molecule has 1 aromatic rings. The third-order valence-corrected chi connectivity index (χ3v) is 9.24. The van der Waals surface area contributed by atoms with Gasteiger partial charge in [0.15, 0.2) is 8.32 Å². The molecule has 0 bridgehead atoms. The maximum atomic E-state index is 6.35. The highest BCUT2D eigenvalue weighted by atomic mass is 28.4. The Hall–Kier alpha value is -0.933. The Bertz CT molecular complexity index is 515. The second kappa shape index (κ2) is 8.79. The largest absolute Gasteiger partial charge is 0.413 e. The molecule has 0 aliphatic rings. The Balaban J connectivity index is 2.88. The number of rotatable bonds is 8. The van der Waals surface area contributed by atoms with E-state index >= 15 is 0 Å². The Morgan fingerprint density at radius 1 is 1.22 bits per heavy atom. The molecule has 0 saturated carbocycles. The van der Waals surface area contributed by atoms with Crippen LogP contribution in [0.3, 0.4) is 0 Å².